The molecule has 1 saturated heterocycles. The zero-order valence-electron chi connectivity index (χ0n) is 13.1. The molecule has 0 spiro atoms. The molecule has 2 rings (SSSR count). The van der Waals surface area contributed by atoms with Crippen LogP contribution >= 0.6 is 0 Å². The lowest BCUT2D eigenvalue weighted by atomic mass is 9.72. The van der Waals surface area contributed by atoms with E-state index in [2.05, 4.69) is 24.1 Å². The molecule has 3 nitrogen and oxygen atoms in total. The summed E-state index contributed by atoms with van der Waals surface area (Å²) in [5.74, 6) is 0. The third kappa shape index (κ3) is 4.17. The van der Waals surface area contributed by atoms with Crippen LogP contribution in [0, 0.1) is 5.41 Å². The van der Waals surface area contributed by atoms with E-state index in [0.717, 1.165) is 19.2 Å². The molecule has 0 radical (unpaired) electrons. The van der Waals surface area contributed by atoms with Crippen LogP contribution in [0.3, 0.4) is 0 Å². The van der Waals surface area contributed by atoms with Crippen molar-refractivity contribution in [2.24, 2.45) is 5.41 Å². The third-order valence-electron chi connectivity index (χ3n) is 5.09. The molecule has 3 heteroatoms. The van der Waals surface area contributed by atoms with Gasteiger partial charge < -0.3 is 10.1 Å². The molecule has 1 heterocycles. The lowest BCUT2D eigenvalue weighted by Gasteiger charge is -2.46. The summed E-state index contributed by atoms with van der Waals surface area (Å²) < 4.78 is 5.33. The smallest absolute Gasteiger partial charge is 0.0589 e. The van der Waals surface area contributed by atoms with E-state index < -0.39 is 0 Å². The van der Waals surface area contributed by atoms with Gasteiger partial charge in [-0.1, -0.05) is 26.7 Å². The fourth-order valence-electron chi connectivity index (χ4n) is 3.93. The molecule has 112 valence electrons. The Labute approximate surface area is 119 Å². The number of rotatable bonds is 6. The molecule has 19 heavy (non-hydrogen) atoms. The van der Waals surface area contributed by atoms with Gasteiger partial charge in [0.2, 0.25) is 0 Å². The summed E-state index contributed by atoms with van der Waals surface area (Å²) in [6, 6.07) is 1.44. The van der Waals surface area contributed by atoms with Crippen LogP contribution in [0.15, 0.2) is 0 Å². The largest absolute Gasteiger partial charge is 0.383 e. The van der Waals surface area contributed by atoms with Crippen LogP contribution in [0.1, 0.15) is 52.4 Å². The Hall–Kier alpha value is -0.120. The van der Waals surface area contributed by atoms with Gasteiger partial charge in [-0.3, -0.25) is 4.90 Å². The fourth-order valence-corrected chi connectivity index (χ4v) is 3.93. The van der Waals surface area contributed by atoms with E-state index in [1.165, 1.54) is 51.6 Å². The normalized spacial score (nSPS) is 30.9. The number of hydrogen-bond donors (Lipinski definition) is 1. The van der Waals surface area contributed by atoms with Gasteiger partial charge in [0.1, 0.15) is 0 Å². The van der Waals surface area contributed by atoms with Crippen LogP contribution in [-0.2, 0) is 4.74 Å². The van der Waals surface area contributed by atoms with E-state index >= 15 is 0 Å². The summed E-state index contributed by atoms with van der Waals surface area (Å²) in [4.78, 5) is 2.71. The van der Waals surface area contributed by atoms with E-state index in [0.29, 0.717) is 11.5 Å². The Bertz CT molecular complexity index is 261. The predicted molar refractivity (Wildman–Crippen MR) is 80.5 cm³/mol. The predicted octanol–water partition coefficient (Wildman–Crippen LogP) is 2.66. The van der Waals surface area contributed by atoms with Gasteiger partial charge in [0.25, 0.3) is 0 Å². The summed E-state index contributed by atoms with van der Waals surface area (Å²) >= 11 is 0. The second-order valence-electron chi connectivity index (χ2n) is 7.03. The second-order valence-corrected chi connectivity index (χ2v) is 7.03. The maximum Gasteiger partial charge on any atom is 0.0589 e. The van der Waals surface area contributed by atoms with Crippen LogP contribution in [0.25, 0.3) is 0 Å². The Balaban J connectivity index is 1.97. The molecule has 0 bridgehead atoms. The Kier molecular flexibility index (Phi) is 5.67. The summed E-state index contributed by atoms with van der Waals surface area (Å²) in [7, 11) is 1.82. The summed E-state index contributed by atoms with van der Waals surface area (Å²) in [5, 5.41) is 3.65. The highest BCUT2D eigenvalue weighted by molar-refractivity contribution is 4.91. The monoisotopic (exact) mass is 268 g/mol. The SMILES string of the molecule is COCCN(CC1CCCN1)C1CCCCC1(C)C. The van der Waals surface area contributed by atoms with Crippen molar-refractivity contribution in [1.29, 1.82) is 0 Å². The van der Waals surface area contributed by atoms with Gasteiger partial charge in [0.05, 0.1) is 6.61 Å². The van der Waals surface area contributed by atoms with Crippen molar-refractivity contribution in [3.8, 4) is 0 Å². The van der Waals surface area contributed by atoms with E-state index in [-0.39, 0.29) is 0 Å². The zero-order valence-corrected chi connectivity index (χ0v) is 13.1. The molecule has 1 saturated carbocycles. The Morgan fingerprint density at radius 1 is 1.21 bits per heavy atom. The van der Waals surface area contributed by atoms with E-state index in [4.69, 9.17) is 4.74 Å². The van der Waals surface area contributed by atoms with Crippen LogP contribution in [0.4, 0.5) is 0 Å². The molecule has 0 aromatic rings. The third-order valence-corrected chi connectivity index (χ3v) is 5.09. The molecule has 0 aromatic heterocycles. The van der Waals surface area contributed by atoms with Crippen molar-refractivity contribution in [2.45, 2.75) is 64.5 Å². The molecular formula is C16H32N2O. The van der Waals surface area contributed by atoms with Crippen LogP contribution < -0.4 is 5.32 Å². The topological polar surface area (TPSA) is 24.5 Å². The number of nitrogens with one attached hydrogen (secondary N) is 1. The number of nitrogens with zero attached hydrogens (tertiary/aromatic N) is 1. The maximum atomic E-state index is 5.33. The molecule has 2 aliphatic rings. The molecule has 2 unspecified atom stereocenters. The van der Waals surface area contributed by atoms with Crippen molar-refractivity contribution >= 4 is 0 Å². The molecule has 0 aromatic carbocycles. The quantitative estimate of drug-likeness (QED) is 0.801. The first-order valence-electron chi connectivity index (χ1n) is 8.10. The van der Waals surface area contributed by atoms with Gasteiger partial charge in [0.15, 0.2) is 0 Å². The van der Waals surface area contributed by atoms with Crippen molar-refractivity contribution in [1.82, 2.24) is 10.2 Å². The van der Waals surface area contributed by atoms with Crippen molar-refractivity contribution in [3.05, 3.63) is 0 Å². The summed E-state index contributed by atoms with van der Waals surface area (Å²) in [6.45, 7) is 9.27. The standard InChI is InChI=1S/C16H32N2O/c1-16(2)9-5-4-8-15(16)18(11-12-19-3)13-14-7-6-10-17-14/h14-15,17H,4-13H2,1-3H3. The van der Waals surface area contributed by atoms with E-state index in [9.17, 15) is 0 Å². The first-order valence-corrected chi connectivity index (χ1v) is 8.10. The number of ether oxygens (including phenoxy) is 1. The van der Waals surface area contributed by atoms with E-state index in [1.807, 2.05) is 7.11 Å². The lowest BCUT2D eigenvalue weighted by molar-refractivity contribution is 0.0259. The van der Waals surface area contributed by atoms with Gasteiger partial charge in [-0.15, -0.1) is 0 Å². The highest BCUT2D eigenvalue weighted by atomic mass is 16.5. The van der Waals surface area contributed by atoms with Crippen LogP contribution in [0.2, 0.25) is 0 Å². The Morgan fingerprint density at radius 2 is 2.05 bits per heavy atom. The highest BCUT2D eigenvalue weighted by Crippen LogP contribution is 2.38. The highest BCUT2D eigenvalue weighted by Gasteiger charge is 2.36. The maximum absolute atomic E-state index is 5.33. The van der Waals surface area contributed by atoms with Crippen LogP contribution in [0.5, 0.6) is 0 Å². The minimum Gasteiger partial charge on any atom is -0.383 e. The summed E-state index contributed by atoms with van der Waals surface area (Å²) in [6.07, 6.45) is 8.23. The Morgan fingerprint density at radius 3 is 2.68 bits per heavy atom. The first kappa shape index (κ1) is 15.3. The van der Waals surface area contributed by atoms with Crippen LogP contribution in [-0.4, -0.2) is 50.3 Å². The minimum atomic E-state index is 0.463. The van der Waals surface area contributed by atoms with Crippen molar-refractivity contribution in [3.63, 3.8) is 0 Å². The number of methoxy groups -OCH3 is 1. The molecule has 1 aliphatic heterocycles. The van der Waals surface area contributed by atoms with Crippen molar-refractivity contribution < 1.29 is 4.74 Å². The fraction of sp³-hybridized carbons (Fsp3) is 1.00. The number of hydrogen-bond acceptors (Lipinski definition) is 3. The second kappa shape index (κ2) is 7.05. The first-order chi connectivity index (χ1) is 9.13. The van der Waals surface area contributed by atoms with Crippen molar-refractivity contribution in [2.75, 3.05) is 33.4 Å². The zero-order chi connectivity index (χ0) is 13.7. The molecule has 1 aliphatic carbocycles. The van der Waals surface area contributed by atoms with Gasteiger partial charge in [-0.2, -0.15) is 0 Å². The van der Waals surface area contributed by atoms with Gasteiger partial charge in [-0.05, 0) is 37.6 Å². The molecular weight excluding hydrogens is 236 g/mol. The molecule has 1 N–H and O–H groups in total. The molecule has 2 atom stereocenters. The van der Waals surface area contributed by atoms with E-state index in [1.54, 1.807) is 0 Å². The average Bonchev–Trinajstić information content (AvgIpc) is 2.87. The molecule has 0 amide bonds. The minimum absolute atomic E-state index is 0.463. The molecule has 2 fully saturated rings. The summed E-state index contributed by atoms with van der Waals surface area (Å²) in [5.41, 5.74) is 0.463. The van der Waals surface area contributed by atoms with Gasteiger partial charge in [-0.25, -0.2) is 0 Å². The van der Waals surface area contributed by atoms with Gasteiger partial charge >= 0.3 is 0 Å². The average molecular weight is 268 g/mol. The lowest BCUT2D eigenvalue weighted by Crippen LogP contribution is -2.52. The van der Waals surface area contributed by atoms with Gasteiger partial charge in [0, 0.05) is 32.3 Å².